The average Bonchev–Trinajstić information content (AvgIpc) is 2.98. The molecule has 1 aromatic heterocycles. The van der Waals surface area contributed by atoms with Crippen LogP contribution in [0.15, 0.2) is 45.4 Å². The smallest absolute Gasteiger partial charge is 0.350 e. The summed E-state index contributed by atoms with van der Waals surface area (Å²) in [5, 5.41) is 15.2. The molecule has 0 spiro atoms. The molecule has 1 aliphatic heterocycles. The first-order valence-electron chi connectivity index (χ1n) is 7.67. The molecule has 3 rings (SSSR count). The number of aromatic nitrogens is 2. The average molecular weight is 346 g/mol. The summed E-state index contributed by atoms with van der Waals surface area (Å²) >= 11 is 1.57. The molecule has 0 bridgehead atoms. The van der Waals surface area contributed by atoms with Crippen molar-refractivity contribution >= 4 is 17.5 Å². The number of hydrogen-bond acceptors (Lipinski definition) is 5. The summed E-state index contributed by atoms with van der Waals surface area (Å²) < 4.78 is 3.44. The van der Waals surface area contributed by atoms with Crippen LogP contribution in [0, 0.1) is 0 Å². The molecule has 1 unspecified atom stereocenters. The zero-order valence-electron chi connectivity index (χ0n) is 13.9. The fourth-order valence-electron chi connectivity index (χ4n) is 3.00. The number of thioether (sulfide) groups is 1. The van der Waals surface area contributed by atoms with Crippen molar-refractivity contribution in [3.8, 4) is 17.0 Å². The Kier molecular flexibility index (Phi) is 4.62. The van der Waals surface area contributed by atoms with E-state index in [1.807, 2.05) is 37.3 Å². The minimum Gasteiger partial charge on any atom is -0.477 e. The van der Waals surface area contributed by atoms with Crippen LogP contribution in [0.2, 0.25) is 0 Å². The van der Waals surface area contributed by atoms with Gasteiger partial charge >= 0.3 is 10.7 Å². The van der Waals surface area contributed by atoms with E-state index in [4.69, 9.17) is 4.84 Å². The standard InChI is InChI=1S/C17H19N3O3S/c1-11(18-23-3)9-13-10-24-17-19(2)15(21)14(16(22)20(13)17)12-7-5-4-6-8-12/h4-8,13H,9-10H2,1-3H3/p+1/b18-11+. The van der Waals surface area contributed by atoms with E-state index < -0.39 is 0 Å². The van der Waals surface area contributed by atoms with Crippen LogP contribution in [0.3, 0.4) is 0 Å². The van der Waals surface area contributed by atoms with Gasteiger partial charge in [-0.25, -0.2) is 4.79 Å². The maximum atomic E-state index is 13.1. The van der Waals surface area contributed by atoms with E-state index in [-0.39, 0.29) is 17.5 Å². The molecule has 0 aliphatic carbocycles. The van der Waals surface area contributed by atoms with Crippen molar-refractivity contribution < 1.29 is 14.5 Å². The summed E-state index contributed by atoms with van der Waals surface area (Å²) in [5.41, 5.74) is 1.70. The molecule has 1 aromatic carbocycles. The second-order valence-corrected chi connectivity index (χ2v) is 6.75. The van der Waals surface area contributed by atoms with Crippen molar-refractivity contribution in [2.75, 3.05) is 12.9 Å². The second kappa shape index (κ2) is 6.68. The Morgan fingerprint density at radius 1 is 1.46 bits per heavy atom. The van der Waals surface area contributed by atoms with Gasteiger partial charge in [-0.05, 0) is 24.2 Å². The van der Waals surface area contributed by atoms with E-state index in [0.717, 1.165) is 16.6 Å². The highest BCUT2D eigenvalue weighted by atomic mass is 32.2. The normalized spacial score (nSPS) is 17.0. The summed E-state index contributed by atoms with van der Waals surface area (Å²) in [6.07, 6.45) is 0.632. The first kappa shape index (κ1) is 16.6. The SMILES string of the molecule is CO/N=C(\C)CC1CSc2n1c(=O)c(-c1ccccc1)c(O)[n+]2C. The summed E-state index contributed by atoms with van der Waals surface area (Å²) in [7, 11) is 3.29. The van der Waals surface area contributed by atoms with Crippen LogP contribution in [-0.4, -0.2) is 28.2 Å². The zero-order chi connectivity index (χ0) is 17.3. The molecular formula is C17H20N3O3S+. The quantitative estimate of drug-likeness (QED) is 0.398. The van der Waals surface area contributed by atoms with Crippen LogP contribution in [0.1, 0.15) is 19.4 Å². The summed E-state index contributed by atoms with van der Waals surface area (Å²) in [4.78, 5) is 17.9. The maximum Gasteiger partial charge on any atom is 0.350 e. The lowest BCUT2D eigenvalue weighted by molar-refractivity contribution is -0.720. The van der Waals surface area contributed by atoms with Gasteiger partial charge in [-0.2, -0.15) is 9.13 Å². The molecule has 0 amide bonds. The Morgan fingerprint density at radius 3 is 2.83 bits per heavy atom. The number of fused-ring (bicyclic) bond motifs is 1. The van der Waals surface area contributed by atoms with E-state index in [2.05, 4.69) is 5.16 Å². The van der Waals surface area contributed by atoms with Gasteiger partial charge in [-0.15, -0.1) is 0 Å². The van der Waals surface area contributed by atoms with Gasteiger partial charge in [0.05, 0.1) is 12.8 Å². The molecule has 6 nitrogen and oxygen atoms in total. The van der Waals surface area contributed by atoms with Crippen molar-refractivity contribution in [1.82, 2.24) is 4.57 Å². The molecular weight excluding hydrogens is 326 g/mol. The summed E-state index contributed by atoms with van der Waals surface area (Å²) in [6, 6.07) is 9.25. The van der Waals surface area contributed by atoms with Gasteiger partial charge < -0.3 is 9.94 Å². The van der Waals surface area contributed by atoms with Crippen molar-refractivity contribution in [3.63, 3.8) is 0 Å². The van der Waals surface area contributed by atoms with Crippen LogP contribution < -0.4 is 10.1 Å². The first-order valence-corrected chi connectivity index (χ1v) is 8.65. The molecule has 0 fully saturated rings. The minimum atomic E-state index is -0.174. The molecule has 126 valence electrons. The molecule has 7 heteroatoms. The first-order chi connectivity index (χ1) is 11.5. The summed E-state index contributed by atoms with van der Waals surface area (Å²) in [5.74, 6) is 0.755. The number of nitrogens with zero attached hydrogens (tertiary/aromatic N) is 3. The van der Waals surface area contributed by atoms with Crippen molar-refractivity contribution in [3.05, 3.63) is 40.7 Å². The molecule has 2 heterocycles. The third-order valence-corrected chi connectivity index (χ3v) is 5.36. The predicted octanol–water partition coefficient (Wildman–Crippen LogP) is 2.10. The highest BCUT2D eigenvalue weighted by molar-refractivity contribution is 7.99. The lowest BCUT2D eigenvalue weighted by Gasteiger charge is -2.11. The third-order valence-electron chi connectivity index (χ3n) is 4.08. The number of aromatic hydroxyl groups is 1. The molecule has 24 heavy (non-hydrogen) atoms. The van der Waals surface area contributed by atoms with Crippen LogP contribution in [-0.2, 0) is 11.9 Å². The van der Waals surface area contributed by atoms with Crippen molar-refractivity contribution in [2.24, 2.45) is 12.2 Å². The Balaban J connectivity index is 2.15. The Labute approximate surface area is 144 Å². The van der Waals surface area contributed by atoms with E-state index in [1.165, 1.54) is 7.11 Å². The van der Waals surface area contributed by atoms with Gasteiger partial charge in [0.2, 0.25) is 0 Å². The van der Waals surface area contributed by atoms with Gasteiger partial charge in [0, 0.05) is 12.2 Å². The molecule has 0 saturated carbocycles. The van der Waals surface area contributed by atoms with Gasteiger partial charge in [-0.1, -0.05) is 35.5 Å². The third kappa shape index (κ3) is 2.80. The monoisotopic (exact) mass is 346 g/mol. The van der Waals surface area contributed by atoms with Gasteiger partial charge in [-0.3, -0.25) is 0 Å². The van der Waals surface area contributed by atoms with Crippen molar-refractivity contribution in [1.29, 1.82) is 0 Å². The van der Waals surface area contributed by atoms with Gasteiger partial charge in [0.25, 0.3) is 5.88 Å². The fraction of sp³-hybridized carbons (Fsp3) is 0.353. The van der Waals surface area contributed by atoms with Crippen LogP contribution in [0.25, 0.3) is 11.1 Å². The number of benzene rings is 1. The Morgan fingerprint density at radius 2 is 2.17 bits per heavy atom. The van der Waals surface area contributed by atoms with E-state index in [9.17, 15) is 9.90 Å². The summed E-state index contributed by atoms with van der Waals surface area (Å²) in [6.45, 7) is 1.88. The maximum absolute atomic E-state index is 13.1. The molecule has 1 aliphatic rings. The Bertz CT molecular complexity index is 846. The van der Waals surface area contributed by atoms with Crippen molar-refractivity contribution in [2.45, 2.75) is 24.5 Å². The highest BCUT2D eigenvalue weighted by Gasteiger charge is 2.38. The van der Waals surface area contributed by atoms with E-state index >= 15 is 0 Å². The van der Waals surface area contributed by atoms with Gasteiger partial charge in [0.1, 0.15) is 13.2 Å². The van der Waals surface area contributed by atoms with Crippen LogP contribution in [0.4, 0.5) is 0 Å². The van der Waals surface area contributed by atoms with E-state index in [0.29, 0.717) is 17.5 Å². The fourth-order valence-corrected chi connectivity index (χ4v) is 4.26. The zero-order valence-corrected chi connectivity index (χ0v) is 14.7. The number of rotatable bonds is 4. The topological polar surface area (TPSA) is 67.7 Å². The second-order valence-electron chi connectivity index (χ2n) is 5.76. The minimum absolute atomic E-state index is 0.00659. The number of hydrogen-bond donors (Lipinski definition) is 1. The molecule has 1 atom stereocenters. The van der Waals surface area contributed by atoms with Crippen LogP contribution in [0.5, 0.6) is 5.88 Å². The lowest BCUT2D eigenvalue weighted by atomic mass is 10.1. The molecule has 0 saturated heterocycles. The van der Waals surface area contributed by atoms with E-state index in [1.54, 1.807) is 27.9 Å². The predicted molar refractivity (Wildman–Crippen MR) is 93.5 cm³/mol. The lowest BCUT2D eigenvalue weighted by Crippen LogP contribution is -2.41. The molecule has 2 aromatic rings. The highest BCUT2D eigenvalue weighted by Crippen LogP contribution is 2.34. The molecule has 1 N–H and O–H groups in total. The van der Waals surface area contributed by atoms with Gasteiger partial charge in [0.15, 0.2) is 5.56 Å². The Hall–Kier alpha value is -2.28. The number of oxime groups is 1. The largest absolute Gasteiger partial charge is 0.477 e. The molecule has 0 radical (unpaired) electrons. The van der Waals surface area contributed by atoms with Crippen LogP contribution >= 0.6 is 11.8 Å².